The van der Waals surface area contributed by atoms with Crippen LogP contribution in [0.1, 0.15) is 53.6 Å². The van der Waals surface area contributed by atoms with Crippen LogP contribution in [0.15, 0.2) is 48.5 Å². The zero-order valence-electron chi connectivity index (χ0n) is 17.2. The quantitative estimate of drug-likeness (QED) is 0.800. The molecule has 5 heteroatoms. The lowest BCUT2D eigenvalue weighted by molar-refractivity contribution is 0.0577. The number of carbonyl (C=O) groups is 2. The highest BCUT2D eigenvalue weighted by atomic mass is 16.2. The average Bonchev–Trinajstić information content (AvgIpc) is 2.69. The number of benzene rings is 2. The number of para-hydroxylation sites is 1. The fourth-order valence-electron chi connectivity index (χ4n) is 4.78. The average molecular weight is 392 g/mol. The number of hydrogen-bond donors (Lipinski definition) is 2. The third kappa shape index (κ3) is 4.29. The molecule has 4 rings (SSSR count). The van der Waals surface area contributed by atoms with Crippen LogP contribution in [0.5, 0.6) is 0 Å². The van der Waals surface area contributed by atoms with Crippen LogP contribution in [0.25, 0.3) is 0 Å². The SMILES string of the molecule is Cc1cccc(C(=O)NC2C[C@H]3CCC[C@H](C2)N3C(=O)Nc2ccccc2C)c1. The van der Waals surface area contributed by atoms with Crippen molar-refractivity contribution < 1.29 is 9.59 Å². The topological polar surface area (TPSA) is 61.4 Å². The van der Waals surface area contributed by atoms with Gasteiger partial charge in [-0.1, -0.05) is 35.9 Å². The van der Waals surface area contributed by atoms with Crippen molar-refractivity contribution in [2.75, 3.05) is 5.32 Å². The maximum absolute atomic E-state index is 13.0. The molecule has 2 N–H and O–H groups in total. The number of fused-ring (bicyclic) bond motifs is 2. The van der Waals surface area contributed by atoms with Crippen LogP contribution in [0.4, 0.5) is 10.5 Å². The third-order valence-electron chi connectivity index (χ3n) is 6.21. The Morgan fingerprint density at radius 3 is 2.38 bits per heavy atom. The Morgan fingerprint density at radius 2 is 1.69 bits per heavy atom. The van der Waals surface area contributed by atoms with Crippen LogP contribution in [0, 0.1) is 13.8 Å². The fraction of sp³-hybridized carbons (Fsp3) is 0.417. The van der Waals surface area contributed by atoms with Crippen molar-refractivity contribution in [3.05, 3.63) is 65.2 Å². The molecule has 3 amide bonds. The van der Waals surface area contributed by atoms with Gasteiger partial charge < -0.3 is 15.5 Å². The predicted molar refractivity (Wildman–Crippen MR) is 115 cm³/mol. The number of urea groups is 1. The van der Waals surface area contributed by atoms with Crippen molar-refractivity contribution in [1.82, 2.24) is 10.2 Å². The second-order valence-electron chi connectivity index (χ2n) is 8.40. The van der Waals surface area contributed by atoms with Crippen molar-refractivity contribution in [3.8, 4) is 0 Å². The van der Waals surface area contributed by atoms with Gasteiger partial charge in [-0.15, -0.1) is 0 Å². The van der Waals surface area contributed by atoms with Crippen LogP contribution in [0.3, 0.4) is 0 Å². The monoisotopic (exact) mass is 391 g/mol. The number of amides is 3. The molecule has 2 saturated heterocycles. The van der Waals surface area contributed by atoms with E-state index in [9.17, 15) is 9.59 Å². The molecule has 2 aliphatic heterocycles. The van der Waals surface area contributed by atoms with Gasteiger partial charge in [0.25, 0.3) is 5.91 Å². The van der Waals surface area contributed by atoms with E-state index in [-0.39, 0.29) is 30.1 Å². The van der Waals surface area contributed by atoms with Gasteiger partial charge in [-0.05, 0) is 69.7 Å². The van der Waals surface area contributed by atoms with Gasteiger partial charge in [-0.2, -0.15) is 0 Å². The summed E-state index contributed by atoms with van der Waals surface area (Å²) in [5, 5.41) is 6.31. The molecular formula is C24H29N3O2. The van der Waals surface area contributed by atoms with E-state index < -0.39 is 0 Å². The zero-order valence-corrected chi connectivity index (χ0v) is 17.2. The number of piperidine rings is 2. The molecule has 5 nitrogen and oxygen atoms in total. The van der Waals surface area contributed by atoms with E-state index in [1.54, 1.807) is 0 Å². The van der Waals surface area contributed by atoms with Crippen molar-refractivity contribution >= 4 is 17.6 Å². The van der Waals surface area contributed by atoms with E-state index in [0.717, 1.165) is 48.9 Å². The van der Waals surface area contributed by atoms with Gasteiger partial charge in [0.15, 0.2) is 0 Å². The molecule has 0 saturated carbocycles. The highest BCUT2D eigenvalue weighted by Crippen LogP contribution is 2.35. The van der Waals surface area contributed by atoms with Crippen LogP contribution < -0.4 is 10.6 Å². The number of anilines is 1. The van der Waals surface area contributed by atoms with Gasteiger partial charge in [0, 0.05) is 29.4 Å². The molecular weight excluding hydrogens is 362 g/mol. The summed E-state index contributed by atoms with van der Waals surface area (Å²) in [5.74, 6) is -0.0189. The summed E-state index contributed by atoms with van der Waals surface area (Å²) in [4.78, 5) is 27.8. The Kier molecular flexibility index (Phi) is 5.56. The Balaban J connectivity index is 1.43. The summed E-state index contributed by atoms with van der Waals surface area (Å²) in [7, 11) is 0. The van der Waals surface area contributed by atoms with Crippen LogP contribution in [0.2, 0.25) is 0 Å². The molecule has 2 aromatic carbocycles. The number of hydrogen-bond acceptors (Lipinski definition) is 2. The predicted octanol–water partition coefficient (Wildman–Crippen LogP) is 4.65. The lowest BCUT2D eigenvalue weighted by Gasteiger charge is -2.48. The summed E-state index contributed by atoms with van der Waals surface area (Å²) in [6, 6.07) is 16.0. The van der Waals surface area contributed by atoms with Crippen molar-refractivity contribution in [2.24, 2.45) is 0 Å². The van der Waals surface area contributed by atoms with Crippen molar-refractivity contribution in [1.29, 1.82) is 0 Å². The Bertz CT molecular complexity index is 897. The number of rotatable bonds is 3. The summed E-state index contributed by atoms with van der Waals surface area (Å²) < 4.78 is 0. The lowest BCUT2D eigenvalue weighted by Crippen LogP contribution is -2.59. The van der Waals surface area contributed by atoms with E-state index in [0.29, 0.717) is 5.56 Å². The van der Waals surface area contributed by atoms with Gasteiger partial charge in [0.05, 0.1) is 0 Å². The van der Waals surface area contributed by atoms with E-state index >= 15 is 0 Å². The van der Waals surface area contributed by atoms with Gasteiger partial charge >= 0.3 is 6.03 Å². The minimum absolute atomic E-state index is 0.0162. The van der Waals surface area contributed by atoms with Crippen molar-refractivity contribution in [3.63, 3.8) is 0 Å². The second kappa shape index (κ2) is 8.27. The van der Waals surface area contributed by atoms with E-state index in [1.165, 1.54) is 0 Å². The number of nitrogens with zero attached hydrogens (tertiary/aromatic N) is 1. The van der Waals surface area contributed by atoms with Crippen LogP contribution in [-0.2, 0) is 0 Å². The zero-order chi connectivity index (χ0) is 20.4. The Morgan fingerprint density at radius 1 is 0.966 bits per heavy atom. The molecule has 0 aliphatic carbocycles. The normalized spacial score (nSPS) is 23.4. The molecule has 0 spiro atoms. The molecule has 2 bridgehead atoms. The molecule has 0 unspecified atom stereocenters. The largest absolute Gasteiger partial charge is 0.349 e. The maximum atomic E-state index is 13.0. The Labute approximate surface area is 172 Å². The summed E-state index contributed by atoms with van der Waals surface area (Å²) in [6.45, 7) is 4.00. The molecule has 2 fully saturated rings. The molecule has 2 aliphatic rings. The van der Waals surface area contributed by atoms with Crippen LogP contribution in [-0.4, -0.2) is 35.0 Å². The van der Waals surface area contributed by atoms with E-state index in [2.05, 4.69) is 10.6 Å². The third-order valence-corrected chi connectivity index (χ3v) is 6.21. The molecule has 152 valence electrons. The highest BCUT2D eigenvalue weighted by molar-refractivity contribution is 5.94. The first-order chi connectivity index (χ1) is 14.0. The van der Waals surface area contributed by atoms with E-state index in [1.807, 2.05) is 67.3 Å². The minimum atomic E-state index is -0.0189. The second-order valence-corrected chi connectivity index (χ2v) is 8.40. The van der Waals surface area contributed by atoms with Gasteiger partial charge in [0.1, 0.15) is 0 Å². The minimum Gasteiger partial charge on any atom is -0.349 e. The smallest absolute Gasteiger partial charge is 0.322 e. The van der Waals surface area contributed by atoms with Crippen molar-refractivity contribution in [2.45, 2.75) is 64.1 Å². The number of nitrogens with one attached hydrogen (secondary N) is 2. The summed E-state index contributed by atoms with van der Waals surface area (Å²) >= 11 is 0. The first-order valence-corrected chi connectivity index (χ1v) is 10.5. The molecule has 0 aromatic heterocycles. The fourth-order valence-corrected chi connectivity index (χ4v) is 4.78. The molecule has 29 heavy (non-hydrogen) atoms. The molecule has 2 heterocycles. The number of carbonyl (C=O) groups excluding carboxylic acids is 2. The summed E-state index contributed by atoms with van der Waals surface area (Å²) in [6.07, 6.45) is 4.76. The molecule has 2 atom stereocenters. The first-order valence-electron chi connectivity index (χ1n) is 10.5. The van der Waals surface area contributed by atoms with Gasteiger partial charge in [0.2, 0.25) is 0 Å². The lowest BCUT2D eigenvalue weighted by atomic mass is 9.82. The number of aryl methyl sites for hydroxylation is 2. The standard InChI is InChI=1S/C24H29N3O2/c1-16-7-5-9-18(13-16)23(28)25-19-14-20-10-6-11-21(15-19)27(20)24(29)26-22-12-4-3-8-17(22)2/h3-5,7-9,12-13,19-21H,6,10-11,14-15H2,1-2H3,(H,25,28)(H,26,29)/t20-,21-/m1/s1. The molecule has 2 aromatic rings. The highest BCUT2D eigenvalue weighted by Gasteiger charge is 2.41. The van der Waals surface area contributed by atoms with Gasteiger partial charge in [-0.3, -0.25) is 4.79 Å². The maximum Gasteiger partial charge on any atom is 0.322 e. The first kappa shape index (κ1) is 19.5. The summed E-state index contributed by atoms with van der Waals surface area (Å²) in [5.41, 5.74) is 3.71. The van der Waals surface area contributed by atoms with Gasteiger partial charge in [-0.25, -0.2) is 4.79 Å². The Hall–Kier alpha value is -2.82. The van der Waals surface area contributed by atoms with Crippen LogP contribution >= 0.6 is 0 Å². The molecule has 0 radical (unpaired) electrons. The van der Waals surface area contributed by atoms with E-state index in [4.69, 9.17) is 0 Å².